The zero-order valence-corrected chi connectivity index (χ0v) is 6.37. The van der Waals surface area contributed by atoms with Crippen molar-refractivity contribution in [3.05, 3.63) is 41.9 Å². The van der Waals surface area contributed by atoms with Gasteiger partial charge in [0, 0.05) is 0 Å². The molecule has 1 aromatic rings. The van der Waals surface area contributed by atoms with Gasteiger partial charge in [-0.3, -0.25) is 0 Å². The summed E-state index contributed by atoms with van der Waals surface area (Å²) in [5.41, 5.74) is 0.921. The van der Waals surface area contributed by atoms with E-state index in [9.17, 15) is 4.79 Å². The quantitative estimate of drug-likeness (QED) is 0.647. The average Bonchev–Trinajstić information content (AvgIpc) is 2.09. The van der Waals surface area contributed by atoms with E-state index in [4.69, 9.17) is 0 Å². The van der Waals surface area contributed by atoms with Gasteiger partial charge in [0.15, 0.2) is 0 Å². The third-order valence-corrected chi connectivity index (χ3v) is 1.47. The molecule has 0 fully saturated rings. The van der Waals surface area contributed by atoms with Crippen LogP contribution in [0.2, 0.25) is 0 Å². The summed E-state index contributed by atoms with van der Waals surface area (Å²) in [6, 6.07) is 10.1. The summed E-state index contributed by atoms with van der Waals surface area (Å²) >= 11 is 0. The molecule has 0 aromatic heterocycles. The minimum absolute atomic E-state index is 0.616. The van der Waals surface area contributed by atoms with Gasteiger partial charge in [0.1, 0.15) is 12.3 Å². The standard InChI is InChI=1S/C9H10NO/c1-10-9(7-11)8-5-3-2-4-6-8/h2-7,10H,1H3. The lowest BCUT2D eigenvalue weighted by Crippen LogP contribution is -2.18. The topological polar surface area (TPSA) is 29.1 Å². The van der Waals surface area contributed by atoms with E-state index in [0.29, 0.717) is 6.04 Å². The largest absolute Gasteiger partial charge is 0.302 e. The predicted octanol–water partition coefficient (Wildman–Crippen LogP) is 0.985. The molecule has 1 aromatic carbocycles. The van der Waals surface area contributed by atoms with Crippen LogP contribution in [-0.4, -0.2) is 13.3 Å². The Bertz CT molecular complexity index is 220. The summed E-state index contributed by atoms with van der Waals surface area (Å²) in [4.78, 5) is 10.4. The van der Waals surface area contributed by atoms with Crippen LogP contribution in [0, 0.1) is 6.04 Å². The van der Waals surface area contributed by atoms with Crippen molar-refractivity contribution >= 4 is 6.29 Å². The van der Waals surface area contributed by atoms with Gasteiger partial charge in [-0.25, -0.2) is 0 Å². The van der Waals surface area contributed by atoms with E-state index in [2.05, 4.69) is 5.32 Å². The fourth-order valence-electron chi connectivity index (χ4n) is 0.889. The second-order valence-electron chi connectivity index (χ2n) is 2.15. The molecule has 0 saturated heterocycles. The van der Waals surface area contributed by atoms with Crippen molar-refractivity contribution in [1.29, 1.82) is 0 Å². The van der Waals surface area contributed by atoms with E-state index >= 15 is 0 Å². The normalized spacial score (nSPS) is 10.0. The summed E-state index contributed by atoms with van der Waals surface area (Å²) in [6.45, 7) is 0. The van der Waals surface area contributed by atoms with E-state index < -0.39 is 0 Å². The summed E-state index contributed by atoms with van der Waals surface area (Å²) < 4.78 is 0. The molecule has 0 aliphatic carbocycles. The number of nitrogens with one attached hydrogen (secondary N) is 1. The molecular weight excluding hydrogens is 138 g/mol. The number of hydrogen-bond acceptors (Lipinski definition) is 2. The lowest BCUT2D eigenvalue weighted by Gasteiger charge is -2.05. The van der Waals surface area contributed by atoms with Crippen molar-refractivity contribution < 1.29 is 4.79 Å². The number of likely N-dealkylation sites (N-methyl/N-ethyl adjacent to an activating group) is 1. The number of hydrogen-bond donors (Lipinski definition) is 1. The molecule has 0 unspecified atom stereocenters. The first-order chi connectivity index (χ1) is 5.38. The Morgan fingerprint density at radius 3 is 2.45 bits per heavy atom. The van der Waals surface area contributed by atoms with Crippen LogP contribution >= 0.6 is 0 Å². The van der Waals surface area contributed by atoms with Crippen LogP contribution in [0.4, 0.5) is 0 Å². The highest BCUT2D eigenvalue weighted by atomic mass is 16.1. The highest BCUT2D eigenvalue weighted by molar-refractivity contribution is 5.74. The van der Waals surface area contributed by atoms with Crippen LogP contribution in [0.25, 0.3) is 0 Å². The molecule has 57 valence electrons. The van der Waals surface area contributed by atoms with Gasteiger partial charge in [-0.1, -0.05) is 30.3 Å². The molecule has 2 heteroatoms. The number of aldehydes is 1. The Morgan fingerprint density at radius 2 is 2.00 bits per heavy atom. The van der Waals surface area contributed by atoms with Gasteiger partial charge in [-0.05, 0) is 12.6 Å². The fourth-order valence-corrected chi connectivity index (χ4v) is 0.889. The van der Waals surface area contributed by atoms with Crippen LogP contribution in [0.5, 0.6) is 0 Å². The maximum absolute atomic E-state index is 10.4. The molecule has 0 aliphatic rings. The van der Waals surface area contributed by atoms with Gasteiger partial charge in [0.2, 0.25) is 0 Å². The van der Waals surface area contributed by atoms with Gasteiger partial charge in [-0.2, -0.15) is 0 Å². The van der Waals surface area contributed by atoms with E-state index in [1.807, 2.05) is 30.3 Å². The van der Waals surface area contributed by atoms with Crippen molar-refractivity contribution in [2.75, 3.05) is 7.05 Å². The lowest BCUT2D eigenvalue weighted by molar-refractivity contribution is -0.106. The molecular formula is C9H10NO. The highest BCUT2D eigenvalue weighted by Gasteiger charge is 2.05. The Morgan fingerprint density at radius 1 is 1.36 bits per heavy atom. The third kappa shape index (κ3) is 1.88. The first-order valence-corrected chi connectivity index (χ1v) is 3.44. The zero-order valence-electron chi connectivity index (χ0n) is 6.37. The average molecular weight is 148 g/mol. The van der Waals surface area contributed by atoms with Crippen molar-refractivity contribution in [2.45, 2.75) is 0 Å². The first-order valence-electron chi connectivity index (χ1n) is 3.44. The molecule has 2 nitrogen and oxygen atoms in total. The Hall–Kier alpha value is -1.15. The minimum atomic E-state index is 0.616. The van der Waals surface area contributed by atoms with E-state index in [0.717, 1.165) is 11.8 Å². The van der Waals surface area contributed by atoms with Gasteiger partial charge < -0.3 is 10.1 Å². The van der Waals surface area contributed by atoms with Crippen molar-refractivity contribution in [3.63, 3.8) is 0 Å². The van der Waals surface area contributed by atoms with Crippen LogP contribution < -0.4 is 5.32 Å². The molecule has 0 aliphatic heterocycles. The van der Waals surface area contributed by atoms with Crippen LogP contribution in [0.15, 0.2) is 30.3 Å². The molecule has 0 spiro atoms. The summed E-state index contributed by atoms with van der Waals surface area (Å²) in [6.07, 6.45) is 0.815. The molecule has 0 bridgehead atoms. The number of carbonyl (C=O) groups is 1. The molecule has 1 rings (SSSR count). The second kappa shape index (κ2) is 3.88. The fraction of sp³-hybridized carbons (Fsp3) is 0.111. The molecule has 1 N–H and O–H groups in total. The van der Waals surface area contributed by atoms with Gasteiger partial charge in [0.05, 0.1) is 0 Å². The molecule has 0 heterocycles. The number of rotatable bonds is 3. The van der Waals surface area contributed by atoms with Gasteiger partial charge in [-0.15, -0.1) is 0 Å². The number of carbonyl (C=O) groups excluding carboxylic acids is 1. The van der Waals surface area contributed by atoms with E-state index in [1.54, 1.807) is 7.05 Å². The van der Waals surface area contributed by atoms with Gasteiger partial charge >= 0.3 is 0 Å². The second-order valence-corrected chi connectivity index (χ2v) is 2.15. The smallest absolute Gasteiger partial charge is 0.147 e. The summed E-state index contributed by atoms with van der Waals surface area (Å²) in [7, 11) is 1.73. The Kier molecular flexibility index (Phi) is 2.81. The Labute approximate surface area is 66.2 Å². The maximum atomic E-state index is 10.4. The van der Waals surface area contributed by atoms with E-state index in [-0.39, 0.29) is 0 Å². The predicted molar refractivity (Wildman–Crippen MR) is 43.9 cm³/mol. The van der Waals surface area contributed by atoms with Gasteiger partial charge in [0.25, 0.3) is 0 Å². The summed E-state index contributed by atoms with van der Waals surface area (Å²) in [5, 5.41) is 2.82. The van der Waals surface area contributed by atoms with Crippen molar-refractivity contribution in [1.82, 2.24) is 5.32 Å². The monoisotopic (exact) mass is 148 g/mol. The minimum Gasteiger partial charge on any atom is -0.302 e. The Balaban J connectivity index is 2.82. The molecule has 11 heavy (non-hydrogen) atoms. The molecule has 1 radical (unpaired) electrons. The molecule has 0 saturated carbocycles. The van der Waals surface area contributed by atoms with Crippen LogP contribution in [0.1, 0.15) is 5.56 Å². The zero-order chi connectivity index (χ0) is 8.10. The van der Waals surface area contributed by atoms with Crippen LogP contribution in [0.3, 0.4) is 0 Å². The highest BCUT2D eigenvalue weighted by Crippen LogP contribution is 2.06. The van der Waals surface area contributed by atoms with E-state index in [1.165, 1.54) is 0 Å². The molecule has 0 amide bonds. The summed E-state index contributed by atoms with van der Waals surface area (Å²) in [5.74, 6) is 0. The van der Waals surface area contributed by atoms with Crippen molar-refractivity contribution in [2.24, 2.45) is 0 Å². The first kappa shape index (κ1) is 7.95. The maximum Gasteiger partial charge on any atom is 0.147 e. The van der Waals surface area contributed by atoms with Crippen molar-refractivity contribution in [3.8, 4) is 0 Å². The van der Waals surface area contributed by atoms with Crippen LogP contribution in [-0.2, 0) is 4.79 Å². The number of benzene rings is 1. The third-order valence-electron chi connectivity index (χ3n) is 1.47. The SMILES string of the molecule is CN[C](C=O)c1ccccc1. The molecule has 0 atom stereocenters. The lowest BCUT2D eigenvalue weighted by atomic mass is 10.1.